The topological polar surface area (TPSA) is 59.8 Å². The first-order valence-corrected chi connectivity index (χ1v) is 9.24. The summed E-state index contributed by atoms with van der Waals surface area (Å²) in [6.45, 7) is 0.248. The molecule has 0 N–H and O–H groups in total. The van der Waals surface area contributed by atoms with E-state index in [0.717, 1.165) is 25.7 Å². The van der Waals surface area contributed by atoms with Crippen LogP contribution in [0.5, 0.6) is 5.75 Å². The summed E-state index contributed by atoms with van der Waals surface area (Å²) in [5.41, 5.74) is 0. The van der Waals surface area contributed by atoms with Crippen LogP contribution < -0.4 is 4.74 Å². The quantitative estimate of drug-likeness (QED) is 0.811. The van der Waals surface area contributed by atoms with Crippen molar-refractivity contribution in [3.63, 3.8) is 0 Å². The fourth-order valence-electron chi connectivity index (χ4n) is 3.12. The Balaban J connectivity index is 2.00. The molecule has 3 rings (SSSR count). The van der Waals surface area contributed by atoms with Crippen molar-refractivity contribution in [3.05, 3.63) is 48.4 Å². The van der Waals surface area contributed by atoms with Crippen molar-refractivity contribution >= 4 is 10.0 Å². The van der Waals surface area contributed by atoms with Crippen LogP contribution in [0.25, 0.3) is 0 Å². The van der Waals surface area contributed by atoms with Gasteiger partial charge in [-0.2, -0.15) is 4.31 Å². The molecular formula is C17H21NO4S. The van der Waals surface area contributed by atoms with Crippen molar-refractivity contribution in [2.75, 3.05) is 7.11 Å². The lowest BCUT2D eigenvalue weighted by Crippen LogP contribution is -2.38. The molecule has 0 unspecified atom stereocenters. The van der Waals surface area contributed by atoms with Crippen LogP contribution in [0.3, 0.4) is 0 Å². The second kappa shape index (κ2) is 6.76. The maximum atomic E-state index is 13.2. The lowest BCUT2D eigenvalue weighted by molar-refractivity contribution is 0.290. The minimum absolute atomic E-state index is 0.00927. The maximum absolute atomic E-state index is 13.2. The van der Waals surface area contributed by atoms with E-state index in [1.807, 2.05) is 0 Å². The number of benzene rings is 1. The second-order valence-electron chi connectivity index (χ2n) is 5.72. The molecule has 0 spiro atoms. The number of furan rings is 1. The average Bonchev–Trinajstić information content (AvgIpc) is 3.25. The van der Waals surface area contributed by atoms with E-state index < -0.39 is 10.0 Å². The third-order valence-corrected chi connectivity index (χ3v) is 6.22. The summed E-state index contributed by atoms with van der Waals surface area (Å²) >= 11 is 0. The minimum atomic E-state index is -3.66. The van der Waals surface area contributed by atoms with Gasteiger partial charge in [-0.3, -0.25) is 0 Å². The molecule has 0 saturated heterocycles. The molecule has 0 amide bonds. The number of hydrogen-bond acceptors (Lipinski definition) is 4. The maximum Gasteiger partial charge on any atom is 0.247 e. The molecule has 1 aromatic heterocycles. The van der Waals surface area contributed by atoms with Gasteiger partial charge in [0.2, 0.25) is 10.0 Å². The van der Waals surface area contributed by atoms with Crippen molar-refractivity contribution in [2.24, 2.45) is 0 Å². The van der Waals surface area contributed by atoms with E-state index in [4.69, 9.17) is 9.15 Å². The Morgan fingerprint density at radius 1 is 1.17 bits per heavy atom. The number of sulfonamides is 1. The first-order valence-electron chi connectivity index (χ1n) is 7.80. The Morgan fingerprint density at radius 2 is 1.91 bits per heavy atom. The molecule has 23 heavy (non-hydrogen) atoms. The van der Waals surface area contributed by atoms with Crippen LogP contribution in [-0.4, -0.2) is 25.9 Å². The third-order valence-electron chi connectivity index (χ3n) is 4.28. The minimum Gasteiger partial charge on any atom is -0.495 e. The average molecular weight is 335 g/mol. The molecule has 0 atom stereocenters. The van der Waals surface area contributed by atoms with Gasteiger partial charge in [0, 0.05) is 6.04 Å². The molecule has 2 aromatic rings. The van der Waals surface area contributed by atoms with Crippen LogP contribution in [0.2, 0.25) is 0 Å². The number of ether oxygens (including phenoxy) is 1. The predicted molar refractivity (Wildman–Crippen MR) is 86.7 cm³/mol. The molecule has 1 heterocycles. The van der Waals surface area contributed by atoms with Crippen molar-refractivity contribution in [3.8, 4) is 5.75 Å². The van der Waals surface area contributed by atoms with Crippen LogP contribution in [0.4, 0.5) is 0 Å². The van der Waals surface area contributed by atoms with Crippen LogP contribution in [0.15, 0.2) is 52.0 Å². The zero-order valence-electron chi connectivity index (χ0n) is 13.1. The number of para-hydroxylation sites is 1. The predicted octanol–water partition coefficient (Wildman–Crippen LogP) is 3.42. The molecule has 124 valence electrons. The van der Waals surface area contributed by atoms with Crippen molar-refractivity contribution in [2.45, 2.75) is 43.2 Å². The third kappa shape index (κ3) is 3.28. The van der Waals surface area contributed by atoms with Crippen LogP contribution in [0, 0.1) is 0 Å². The fraction of sp³-hybridized carbons (Fsp3) is 0.412. The van der Waals surface area contributed by atoms with Crippen LogP contribution >= 0.6 is 0 Å². The smallest absolute Gasteiger partial charge is 0.247 e. The van der Waals surface area contributed by atoms with Gasteiger partial charge in [0.25, 0.3) is 0 Å². The van der Waals surface area contributed by atoms with Gasteiger partial charge < -0.3 is 9.15 Å². The molecule has 0 bridgehead atoms. The number of nitrogens with zero attached hydrogens (tertiary/aromatic N) is 1. The Kier molecular flexibility index (Phi) is 4.73. The van der Waals surface area contributed by atoms with Gasteiger partial charge >= 0.3 is 0 Å². The van der Waals surface area contributed by atoms with Crippen LogP contribution in [0.1, 0.15) is 31.4 Å². The van der Waals surface area contributed by atoms with Crippen molar-refractivity contribution in [1.82, 2.24) is 4.31 Å². The van der Waals surface area contributed by atoms with E-state index in [9.17, 15) is 8.42 Å². The summed E-state index contributed by atoms with van der Waals surface area (Å²) in [7, 11) is -2.17. The molecule has 0 aliphatic heterocycles. The van der Waals surface area contributed by atoms with Gasteiger partial charge in [-0.25, -0.2) is 8.42 Å². The van der Waals surface area contributed by atoms with E-state index in [-0.39, 0.29) is 17.5 Å². The Labute approximate surface area is 136 Å². The molecule has 1 saturated carbocycles. The summed E-state index contributed by atoms with van der Waals surface area (Å²) in [5, 5.41) is 0. The lowest BCUT2D eigenvalue weighted by atomic mass is 10.2. The van der Waals surface area contributed by atoms with E-state index in [1.165, 1.54) is 7.11 Å². The molecule has 1 fully saturated rings. The van der Waals surface area contributed by atoms with Crippen molar-refractivity contribution < 1.29 is 17.6 Å². The highest BCUT2D eigenvalue weighted by atomic mass is 32.2. The first-order chi connectivity index (χ1) is 11.1. The Morgan fingerprint density at radius 3 is 2.57 bits per heavy atom. The summed E-state index contributed by atoms with van der Waals surface area (Å²) < 4.78 is 38.6. The zero-order valence-corrected chi connectivity index (χ0v) is 14.0. The summed E-state index contributed by atoms with van der Waals surface area (Å²) in [6, 6.07) is 10.3. The van der Waals surface area contributed by atoms with Gasteiger partial charge in [-0.05, 0) is 37.1 Å². The SMILES string of the molecule is COc1ccccc1S(=O)(=O)N(Cc1ccco1)C1CCCC1. The zero-order chi connectivity index (χ0) is 16.3. The standard InChI is InChI=1S/C17H21NO4S/c1-21-16-10-4-5-11-17(16)23(19,20)18(14-7-2-3-8-14)13-15-9-6-12-22-15/h4-6,9-12,14H,2-3,7-8,13H2,1H3. The molecule has 1 aromatic carbocycles. The highest BCUT2D eigenvalue weighted by Crippen LogP contribution is 2.33. The van der Waals surface area contributed by atoms with Gasteiger partial charge in [0.15, 0.2) is 0 Å². The fourth-order valence-corrected chi connectivity index (χ4v) is 4.93. The Hall–Kier alpha value is -1.79. The largest absolute Gasteiger partial charge is 0.495 e. The van der Waals surface area contributed by atoms with Gasteiger partial charge in [-0.15, -0.1) is 0 Å². The highest BCUT2D eigenvalue weighted by molar-refractivity contribution is 7.89. The molecule has 5 nitrogen and oxygen atoms in total. The molecule has 1 aliphatic rings. The van der Waals surface area contributed by atoms with E-state index in [0.29, 0.717) is 11.5 Å². The number of rotatable bonds is 6. The summed E-state index contributed by atoms with van der Waals surface area (Å²) in [6.07, 6.45) is 5.45. The van der Waals surface area contributed by atoms with E-state index in [1.54, 1.807) is 47.0 Å². The monoisotopic (exact) mass is 335 g/mol. The summed E-state index contributed by atoms with van der Waals surface area (Å²) in [5.74, 6) is 1.02. The second-order valence-corrected chi connectivity index (χ2v) is 7.58. The molecule has 0 radical (unpaired) electrons. The lowest BCUT2D eigenvalue weighted by Gasteiger charge is -2.27. The van der Waals surface area contributed by atoms with Gasteiger partial charge in [0.1, 0.15) is 16.4 Å². The molecular weight excluding hydrogens is 314 g/mol. The number of methoxy groups -OCH3 is 1. The summed E-state index contributed by atoms with van der Waals surface area (Å²) in [4.78, 5) is 0.209. The van der Waals surface area contributed by atoms with Gasteiger partial charge in [-0.1, -0.05) is 25.0 Å². The van der Waals surface area contributed by atoms with E-state index in [2.05, 4.69) is 0 Å². The number of hydrogen-bond donors (Lipinski definition) is 0. The van der Waals surface area contributed by atoms with Crippen molar-refractivity contribution in [1.29, 1.82) is 0 Å². The normalized spacial score (nSPS) is 16.1. The van der Waals surface area contributed by atoms with Gasteiger partial charge in [0.05, 0.1) is 19.9 Å². The molecule has 1 aliphatic carbocycles. The Bertz CT molecular complexity index is 734. The highest BCUT2D eigenvalue weighted by Gasteiger charge is 2.35. The molecule has 6 heteroatoms. The first kappa shape index (κ1) is 16.1. The van der Waals surface area contributed by atoms with E-state index >= 15 is 0 Å². The van der Waals surface area contributed by atoms with Crippen LogP contribution in [-0.2, 0) is 16.6 Å².